The lowest BCUT2D eigenvalue weighted by Crippen LogP contribution is -2.30. The molecule has 0 aliphatic heterocycles. The summed E-state index contributed by atoms with van der Waals surface area (Å²) in [6.07, 6.45) is -6.89. The van der Waals surface area contributed by atoms with Gasteiger partial charge in [0.1, 0.15) is 0 Å². The van der Waals surface area contributed by atoms with Crippen molar-refractivity contribution in [3.63, 3.8) is 0 Å². The van der Waals surface area contributed by atoms with Crippen LogP contribution in [0.2, 0.25) is 0 Å². The molecule has 1 aromatic rings. The van der Waals surface area contributed by atoms with Crippen LogP contribution in [0.4, 0.5) is 18.9 Å². The van der Waals surface area contributed by atoms with Gasteiger partial charge in [0.05, 0.1) is 0 Å². The Morgan fingerprint density at radius 1 is 1.33 bits per heavy atom. The van der Waals surface area contributed by atoms with Crippen LogP contribution >= 0.6 is 11.8 Å². The molecule has 0 saturated heterocycles. The Morgan fingerprint density at radius 3 is 2.47 bits per heavy atom. The first-order valence-electron chi connectivity index (χ1n) is 4.13. The molecule has 0 spiro atoms. The van der Waals surface area contributed by atoms with Gasteiger partial charge in [-0.05, 0) is 12.1 Å². The van der Waals surface area contributed by atoms with Crippen LogP contribution < -0.4 is 5.73 Å². The van der Waals surface area contributed by atoms with Crippen molar-refractivity contribution in [3.8, 4) is 0 Å². The van der Waals surface area contributed by atoms with Gasteiger partial charge in [-0.2, -0.15) is 13.2 Å². The zero-order chi connectivity index (χ0) is 11.5. The van der Waals surface area contributed by atoms with E-state index in [1.54, 1.807) is 24.3 Å². The minimum atomic E-state index is -4.57. The summed E-state index contributed by atoms with van der Waals surface area (Å²) < 4.78 is 35.9. The number of alkyl halides is 3. The number of anilines is 1. The maximum atomic E-state index is 12.0. The van der Waals surface area contributed by atoms with Crippen molar-refractivity contribution in [1.29, 1.82) is 0 Å². The molecule has 0 amide bonds. The number of aliphatic hydroxyl groups excluding tert-OH is 1. The molecule has 0 aromatic heterocycles. The van der Waals surface area contributed by atoms with Crippen LogP contribution in [-0.2, 0) is 0 Å². The first-order valence-corrected chi connectivity index (χ1v) is 5.12. The Balaban J connectivity index is 2.55. The molecule has 3 N–H and O–H groups in total. The molecule has 0 unspecified atom stereocenters. The fourth-order valence-electron chi connectivity index (χ4n) is 0.875. The third kappa shape index (κ3) is 3.64. The highest BCUT2D eigenvalue weighted by molar-refractivity contribution is 7.99. The lowest BCUT2D eigenvalue weighted by molar-refractivity contribution is -0.195. The first-order chi connectivity index (χ1) is 6.91. The van der Waals surface area contributed by atoms with Gasteiger partial charge in [0.25, 0.3) is 0 Å². The van der Waals surface area contributed by atoms with E-state index in [1.807, 2.05) is 0 Å². The van der Waals surface area contributed by atoms with Crippen LogP contribution in [0.1, 0.15) is 0 Å². The largest absolute Gasteiger partial charge is 0.415 e. The molecule has 15 heavy (non-hydrogen) atoms. The molecule has 1 atom stereocenters. The molecule has 0 aliphatic rings. The molecule has 0 radical (unpaired) electrons. The molecule has 84 valence electrons. The lowest BCUT2D eigenvalue weighted by atomic mass is 10.3. The number of benzene rings is 1. The minimum Gasteiger partial charge on any atom is -0.398 e. The summed E-state index contributed by atoms with van der Waals surface area (Å²) in [5.74, 6) is -0.447. The van der Waals surface area contributed by atoms with Crippen molar-refractivity contribution in [2.45, 2.75) is 17.2 Å². The molecule has 1 aromatic carbocycles. The fourth-order valence-corrected chi connectivity index (χ4v) is 1.81. The first kappa shape index (κ1) is 12.2. The zero-order valence-corrected chi connectivity index (χ0v) is 8.48. The Labute approximate surface area is 89.3 Å². The minimum absolute atomic E-state index is 0.414. The van der Waals surface area contributed by atoms with Crippen LogP contribution in [0.25, 0.3) is 0 Å². The van der Waals surface area contributed by atoms with E-state index in [9.17, 15) is 13.2 Å². The number of aliphatic hydroxyl groups is 1. The topological polar surface area (TPSA) is 46.2 Å². The van der Waals surface area contributed by atoms with E-state index in [0.29, 0.717) is 10.6 Å². The average Bonchev–Trinajstić information content (AvgIpc) is 2.14. The predicted octanol–water partition coefficient (Wildman–Crippen LogP) is 2.28. The Kier molecular flexibility index (Phi) is 3.87. The van der Waals surface area contributed by atoms with Crippen molar-refractivity contribution in [2.75, 3.05) is 11.5 Å². The number of nitrogens with two attached hydrogens (primary N) is 1. The number of hydrogen-bond donors (Lipinski definition) is 2. The number of nitrogen functional groups attached to an aromatic ring is 1. The summed E-state index contributed by atoms with van der Waals surface area (Å²) >= 11 is 0.887. The quantitative estimate of drug-likeness (QED) is 0.626. The van der Waals surface area contributed by atoms with E-state index < -0.39 is 18.0 Å². The van der Waals surface area contributed by atoms with E-state index in [4.69, 9.17) is 10.8 Å². The smallest absolute Gasteiger partial charge is 0.398 e. The van der Waals surface area contributed by atoms with E-state index in [0.717, 1.165) is 11.8 Å². The highest BCUT2D eigenvalue weighted by atomic mass is 32.2. The van der Waals surface area contributed by atoms with Gasteiger partial charge in [-0.3, -0.25) is 0 Å². The van der Waals surface area contributed by atoms with Gasteiger partial charge in [0.2, 0.25) is 0 Å². The summed E-state index contributed by atoms with van der Waals surface area (Å²) in [5, 5.41) is 8.75. The molecule has 0 saturated carbocycles. The number of halogens is 3. The SMILES string of the molecule is Nc1ccccc1SC[C@H](O)C(F)(F)F. The standard InChI is InChI=1S/C9H10F3NOS/c10-9(11,12)8(14)5-15-7-4-2-1-3-6(7)13/h1-4,8,14H,5,13H2/t8-/m0/s1. The molecule has 0 fully saturated rings. The van der Waals surface area contributed by atoms with Crippen LogP contribution in [0.15, 0.2) is 29.2 Å². The normalized spacial score (nSPS) is 13.9. The number of rotatable bonds is 3. The van der Waals surface area contributed by atoms with Gasteiger partial charge in [-0.1, -0.05) is 12.1 Å². The summed E-state index contributed by atoms with van der Waals surface area (Å²) in [6.45, 7) is 0. The van der Waals surface area contributed by atoms with Crippen LogP contribution in [-0.4, -0.2) is 23.1 Å². The van der Waals surface area contributed by atoms with Gasteiger partial charge in [-0.25, -0.2) is 0 Å². The second kappa shape index (κ2) is 4.76. The third-order valence-corrected chi connectivity index (χ3v) is 2.86. The molecular weight excluding hydrogens is 227 g/mol. The van der Waals surface area contributed by atoms with Crippen molar-refractivity contribution in [3.05, 3.63) is 24.3 Å². The van der Waals surface area contributed by atoms with E-state index >= 15 is 0 Å². The summed E-state index contributed by atoms with van der Waals surface area (Å²) in [6, 6.07) is 6.59. The fraction of sp³-hybridized carbons (Fsp3) is 0.333. The van der Waals surface area contributed by atoms with Gasteiger partial charge in [0, 0.05) is 16.3 Å². The predicted molar refractivity (Wildman–Crippen MR) is 53.6 cm³/mol. The molecule has 0 aliphatic carbocycles. The summed E-state index contributed by atoms with van der Waals surface area (Å²) in [5.41, 5.74) is 5.95. The van der Waals surface area contributed by atoms with Crippen molar-refractivity contribution < 1.29 is 18.3 Å². The van der Waals surface area contributed by atoms with E-state index in [1.165, 1.54) is 0 Å². The molecule has 0 heterocycles. The maximum Gasteiger partial charge on any atom is 0.415 e. The Morgan fingerprint density at radius 2 is 1.93 bits per heavy atom. The molecular formula is C9H10F3NOS. The third-order valence-electron chi connectivity index (χ3n) is 1.69. The van der Waals surface area contributed by atoms with Crippen LogP contribution in [0.5, 0.6) is 0 Å². The van der Waals surface area contributed by atoms with Crippen molar-refractivity contribution in [1.82, 2.24) is 0 Å². The van der Waals surface area contributed by atoms with Crippen molar-refractivity contribution >= 4 is 17.4 Å². The number of para-hydroxylation sites is 1. The Hall–Kier alpha value is -0.880. The van der Waals surface area contributed by atoms with Gasteiger partial charge < -0.3 is 10.8 Å². The van der Waals surface area contributed by atoms with Crippen LogP contribution in [0.3, 0.4) is 0 Å². The molecule has 0 bridgehead atoms. The number of hydrogen-bond acceptors (Lipinski definition) is 3. The van der Waals surface area contributed by atoms with Gasteiger partial charge in [-0.15, -0.1) is 11.8 Å². The highest BCUT2D eigenvalue weighted by Crippen LogP contribution is 2.29. The second-order valence-corrected chi connectivity index (χ2v) is 3.97. The van der Waals surface area contributed by atoms with Crippen LogP contribution in [0, 0.1) is 0 Å². The highest BCUT2D eigenvalue weighted by Gasteiger charge is 2.37. The lowest BCUT2D eigenvalue weighted by Gasteiger charge is -2.14. The molecule has 6 heteroatoms. The molecule has 2 nitrogen and oxygen atoms in total. The summed E-state index contributed by atoms with van der Waals surface area (Å²) in [4.78, 5) is 0.542. The van der Waals surface area contributed by atoms with Gasteiger partial charge >= 0.3 is 6.18 Å². The van der Waals surface area contributed by atoms with E-state index in [-0.39, 0.29) is 0 Å². The Bertz CT molecular complexity index is 329. The van der Waals surface area contributed by atoms with E-state index in [2.05, 4.69) is 0 Å². The average molecular weight is 237 g/mol. The molecule has 1 rings (SSSR count). The van der Waals surface area contributed by atoms with Crippen molar-refractivity contribution in [2.24, 2.45) is 0 Å². The number of thioether (sulfide) groups is 1. The van der Waals surface area contributed by atoms with Gasteiger partial charge in [0.15, 0.2) is 6.10 Å². The second-order valence-electron chi connectivity index (χ2n) is 2.91. The monoisotopic (exact) mass is 237 g/mol. The summed E-state index contributed by atoms with van der Waals surface area (Å²) in [7, 11) is 0. The zero-order valence-electron chi connectivity index (χ0n) is 7.66. The maximum absolute atomic E-state index is 12.0.